The zero-order chi connectivity index (χ0) is 26.6. The van der Waals surface area contributed by atoms with Crippen molar-refractivity contribution in [2.75, 3.05) is 19.7 Å². The number of aliphatic imine (C=N–C) groups is 1. The summed E-state index contributed by atoms with van der Waals surface area (Å²) in [6, 6.07) is 2.47. The minimum atomic E-state index is -2.60. The number of amides is 3. The van der Waals surface area contributed by atoms with Crippen molar-refractivity contribution in [2.24, 2.45) is 16.5 Å². The number of nitrogens with two attached hydrogens (primary N) is 2. The molecule has 0 radical (unpaired) electrons. The average molecular weight is 526 g/mol. The van der Waals surface area contributed by atoms with E-state index in [1.165, 1.54) is 4.90 Å². The molecule has 1 aromatic carbocycles. The second-order valence-corrected chi connectivity index (χ2v) is 11.0. The van der Waals surface area contributed by atoms with E-state index in [0.29, 0.717) is 17.9 Å². The van der Waals surface area contributed by atoms with Gasteiger partial charge in [0.05, 0.1) is 25.3 Å². The Labute approximate surface area is 216 Å². The number of fused-ring (bicyclic) bond motifs is 2. The van der Waals surface area contributed by atoms with Crippen molar-refractivity contribution < 1.29 is 34.3 Å². The number of nitrogens with zero attached hydrogens (tertiary/aromatic N) is 3. The van der Waals surface area contributed by atoms with E-state index in [2.05, 4.69) is 20.6 Å². The lowest BCUT2D eigenvalue weighted by Crippen LogP contribution is -2.90. The zero-order valence-electron chi connectivity index (χ0n) is 20.4. The lowest BCUT2D eigenvalue weighted by Gasteiger charge is -2.46. The summed E-state index contributed by atoms with van der Waals surface area (Å²) in [7, 11) is 0. The zero-order valence-corrected chi connectivity index (χ0v) is 20.4. The third-order valence-electron chi connectivity index (χ3n) is 8.89. The maximum Gasteiger partial charge on any atom is 0.343 e. The van der Waals surface area contributed by atoms with Crippen molar-refractivity contribution in [1.29, 1.82) is 0 Å². The summed E-state index contributed by atoms with van der Waals surface area (Å²) in [4.78, 5) is 48.0. The van der Waals surface area contributed by atoms with Gasteiger partial charge in [0.25, 0.3) is 11.6 Å². The molecule has 1 aromatic rings. The summed E-state index contributed by atoms with van der Waals surface area (Å²) < 4.78 is 5.90. The number of ether oxygens (including phenoxy) is 1. The van der Waals surface area contributed by atoms with Gasteiger partial charge >= 0.3 is 5.96 Å². The fourth-order valence-electron chi connectivity index (χ4n) is 6.71. The van der Waals surface area contributed by atoms with Gasteiger partial charge in [-0.3, -0.25) is 34.9 Å². The minimum absolute atomic E-state index is 0.0195. The quantitative estimate of drug-likeness (QED) is 0.147. The number of benzene rings is 1. The van der Waals surface area contributed by atoms with E-state index in [0.717, 1.165) is 23.3 Å². The topological polar surface area (TPSA) is 210 Å². The van der Waals surface area contributed by atoms with Gasteiger partial charge in [0.2, 0.25) is 17.6 Å². The Morgan fingerprint density at radius 1 is 1.24 bits per heavy atom. The molecule has 7 rings (SSSR count). The van der Waals surface area contributed by atoms with Crippen molar-refractivity contribution >= 4 is 29.6 Å². The molecule has 14 nitrogen and oxygen atoms in total. The van der Waals surface area contributed by atoms with Gasteiger partial charge in [-0.05, 0) is 18.9 Å². The van der Waals surface area contributed by atoms with E-state index >= 15 is 0 Å². The van der Waals surface area contributed by atoms with Gasteiger partial charge in [-0.1, -0.05) is 12.1 Å². The van der Waals surface area contributed by atoms with Gasteiger partial charge in [0.15, 0.2) is 12.0 Å². The number of hydrogen-bond acceptors (Lipinski definition) is 11. The van der Waals surface area contributed by atoms with E-state index in [9.17, 15) is 24.6 Å². The fraction of sp³-hybridized carbons (Fsp3) is 0.542. The lowest BCUT2D eigenvalue weighted by molar-refractivity contribution is -0.521. The van der Waals surface area contributed by atoms with Gasteiger partial charge in [-0.15, -0.1) is 0 Å². The van der Waals surface area contributed by atoms with Crippen LogP contribution in [0.4, 0.5) is 0 Å². The third-order valence-corrected chi connectivity index (χ3v) is 8.89. The molecule has 1 aliphatic carbocycles. The Morgan fingerprint density at radius 3 is 2.68 bits per heavy atom. The second kappa shape index (κ2) is 7.35. The van der Waals surface area contributed by atoms with Crippen molar-refractivity contribution in [3.05, 3.63) is 29.3 Å². The van der Waals surface area contributed by atoms with Crippen LogP contribution in [0.2, 0.25) is 0 Å². The van der Waals surface area contributed by atoms with Crippen molar-refractivity contribution in [2.45, 2.75) is 60.7 Å². The maximum atomic E-state index is 13.4. The second-order valence-electron chi connectivity index (χ2n) is 11.0. The Hall–Kier alpha value is -3.91. The molecule has 6 aliphatic rings. The monoisotopic (exact) mass is 525 g/mol. The molecule has 2 saturated heterocycles. The van der Waals surface area contributed by atoms with E-state index in [1.807, 2.05) is 6.07 Å². The highest BCUT2D eigenvalue weighted by molar-refractivity contribution is 6.02. The molecule has 0 aromatic heterocycles. The Morgan fingerprint density at radius 2 is 1.97 bits per heavy atom. The Kier molecular flexibility index (Phi) is 4.49. The molecule has 3 amide bonds. The molecule has 5 aliphatic heterocycles. The number of hydrogen-bond donors (Lipinski definition) is 7. The van der Waals surface area contributed by atoms with Crippen LogP contribution in [0.3, 0.4) is 0 Å². The summed E-state index contributed by atoms with van der Waals surface area (Å²) in [5.74, 6) is -3.26. The van der Waals surface area contributed by atoms with Gasteiger partial charge in [-0.2, -0.15) is 0 Å². The van der Waals surface area contributed by atoms with E-state index in [-0.39, 0.29) is 55.1 Å². The molecule has 200 valence electrons. The summed E-state index contributed by atoms with van der Waals surface area (Å²) in [6.45, 7) is 0.323. The first-order chi connectivity index (χ1) is 18.1. The minimum Gasteiger partial charge on any atom is -0.492 e. The summed E-state index contributed by atoms with van der Waals surface area (Å²) in [5, 5.41) is 29.0. The average Bonchev–Trinajstić information content (AvgIpc) is 3.18. The van der Waals surface area contributed by atoms with Crippen molar-refractivity contribution in [1.82, 2.24) is 20.4 Å². The van der Waals surface area contributed by atoms with Gasteiger partial charge in [0, 0.05) is 23.8 Å². The first-order valence-electron chi connectivity index (χ1n) is 12.7. The Balaban J connectivity index is 1.20. The Bertz CT molecular complexity index is 1340. The number of nitrogens with one attached hydrogen (secondary N) is 3. The number of carbonyl (C=O) groups is 3. The van der Waals surface area contributed by atoms with Crippen LogP contribution >= 0.6 is 0 Å². The van der Waals surface area contributed by atoms with Gasteiger partial charge in [-0.25, -0.2) is 10.3 Å². The van der Waals surface area contributed by atoms with E-state index in [4.69, 9.17) is 16.2 Å². The first-order valence-corrected chi connectivity index (χ1v) is 12.7. The smallest absolute Gasteiger partial charge is 0.343 e. The highest BCUT2D eigenvalue weighted by Crippen LogP contribution is 2.56. The van der Waals surface area contributed by atoms with Crippen LogP contribution in [0, 0.1) is 0 Å². The lowest BCUT2D eigenvalue weighted by atomic mass is 9.84. The molecule has 1 saturated carbocycles. The van der Waals surface area contributed by atoms with Crippen LogP contribution in [0.5, 0.6) is 5.75 Å². The summed E-state index contributed by atoms with van der Waals surface area (Å²) >= 11 is 0. The first kappa shape index (κ1) is 23.2. The number of para-hydroxylation sites is 1. The van der Waals surface area contributed by atoms with Gasteiger partial charge in [0.1, 0.15) is 17.8 Å². The largest absolute Gasteiger partial charge is 0.492 e. The van der Waals surface area contributed by atoms with Gasteiger partial charge < -0.3 is 26.0 Å². The number of rotatable bonds is 4. The molecule has 14 heteroatoms. The molecule has 2 unspecified atom stereocenters. The molecule has 0 bridgehead atoms. The molecule has 2 spiro atoms. The third kappa shape index (κ3) is 2.86. The predicted octanol–water partition coefficient (Wildman–Crippen LogP) is -4.89. The molecule has 4 atom stereocenters. The standard InChI is InChI=1S/C24H28N8O6/c25-20-29-18-13(8-31-15(33)4-5-16(31)34)27-21(26)32-9-14(24(36,37)23(18,32)30-20)28-19(35)11-2-1-3-12-17(11)38-10-22(12)6-7-22/h1-3,13-14,18,36-37H,4-10H2,(H2,26,27)(H,28,35)(H3,25,29,30)/p+1/t13-,14?,18-,23?/m0/s1. The van der Waals surface area contributed by atoms with E-state index < -0.39 is 35.5 Å². The normalized spacial score (nSPS) is 33.3. The van der Waals surface area contributed by atoms with Crippen LogP contribution in [0.25, 0.3) is 0 Å². The summed E-state index contributed by atoms with van der Waals surface area (Å²) in [6.07, 6.45) is 2.24. The number of aliphatic hydroxyl groups is 2. The van der Waals surface area contributed by atoms with Crippen LogP contribution in [-0.2, 0) is 15.0 Å². The van der Waals surface area contributed by atoms with Crippen molar-refractivity contribution in [3.63, 3.8) is 0 Å². The predicted molar refractivity (Wildman–Crippen MR) is 129 cm³/mol. The summed E-state index contributed by atoms with van der Waals surface area (Å²) in [5.41, 5.74) is 11.9. The molecule has 9 N–H and O–H groups in total. The highest BCUT2D eigenvalue weighted by atomic mass is 16.5. The number of likely N-dealkylation sites (tertiary alicyclic amines) is 1. The van der Waals surface area contributed by atoms with E-state index in [1.54, 1.807) is 12.1 Å². The fourth-order valence-corrected chi connectivity index (χ4v) is 6.71. The number of carbonyl (C=O) groups excluding carboxylic acids is 3. The number of guanidine groups is 2. The maximum absolute atomic E-state index is 13.4. The van der Waals surface area contributed by atoms with Crippen LogP contribution < -0.4 is 31.8 Å². The highest BCUT2D eigenvalue weighted by Gasteiger charge is 2.76. The van der Waals surface area contributed by atoms with Crippen LogP contribution in [0.15, 0.2) is 23.2 Å². The SMILES string of the molecule is NC1=N[C@@H](CN2C(=O)CCC2=O)[C@@H]2[NH+]=C(N)NC23N1CC(NC(=O)c1cccc2c1OCC21CC1)C3(O)O. The van der Waals surface area contributed by atoms with Crippen LogP contribution in [-0.4, -0.2) is 98.9 Å². The molecule has 5 heterocycles. The molecule has 3 fully saturated rings. The molecule has 38 heavy (non-hydrogen) atoms. The van der Waals surface area contributed by atoms with Crippen molar-refractivity contribution in [3.8, 4) is 5.75 Å². The molecular formula is C24H29N8O6+. The van der Waals surface area contributed by atoms with Crippen LogP contribution in [0.1, 0.15) is 41.6 Å². The molecular weight excluding hydrogens is 496 g/mol. The number of imide groups is 1.